The largest absolute Gasteiger partial charge is 0.497 e. The van der Waals surface area contributed by atoms with Crippen molar-refractivity contribution >= 4 is 28.8 Å². The zero-order chi connectivity index (χ0) is 22.5. The molecule has 2 amide bonds. The van der Waals surface area contributed by atoms with Crippen LogP contribution in [0.4, 0.5) is 5.69 Å². The number of nitrogens with one attached hydrogen (secondary N) is 1. The molecule has 1 aliphatic heterocycles. The van der Waals surface area contributed by atoms with Gasteiger partial charge in [-0.3, -0.25) is 9.59 Å². The molecule has 0 saturated carbocycles. The molecule has 166 valence electrons. The summed E-state index contributed by atoms with van der Waals surface area (Å²) in [4.78, 5) is 27.1. The van der Waals surface area contributed by atoms with Gasteiger partial charge in [-0.25, -0.2) is 0 Å². The van der Waals surface area contributed by atoms with Crippen molar-refractivity contribution in [2.24, 2.45) is 0 Å². The Labute approximate surface area is 190 Å². The van der Waals surface area contributed by atoms with Crippen molar-refractivity contribution in [3.05, 3.63) is 64.1 Å². The van der Waals surface area contributed by atoms with Crippen LogP contribution in [0, 0.1) is 6.92 Å². The third-order valence-electron chi connectivity index (χ3n) is 5.22. The second-order valence-electron chi connectivity index (χ2n) is 7.47. The molecule has 8 nitrogen and oxygen atoms in total. The standard InChI is InChI=1S/C23H24N4O4S/c1-15-5-7-16(8-6-15)24-21(29)23-26-25-22(32-23)19-4-3-13-27(19)20(28)14-31-18-11-9-17(30-2)10-12-18/h5-12,19H,3-4,13-14H2,1-2H3,(H,24,29)/t19-/m1/s1. The van der Waals surface area contributed by atoms with E-state index in [1.54, 1.807) is 36.3 Å². The van der Waals surface area contributed by atoms with Crippen molar-refractivity contribution in [1.29, 1.82) is 0 Å². The average Bonchev–Trinajstić information content (AvgIpc) is 3.49. The minimum atomic E-state index is -0.309. The van der Waals surface area contributed by atoms with Crippen molar-refractivity contribution in [2.75, 3.05) is 25.6 Å². The average molecular weight is 453 g/mol. The smallest absolute Gasteiger partial charge is 0.286 e. The number of ether oxygens (including phenoxy) is 2. The summed E-state index contributed by atoms with van der Waals surface area (Å²) in [6, 6.07) is 14.4. The number of aryl methyl sites for hydroxylation is 1. The van der Waals surface area contributed by atoms with Crippen LogP contribution < -0.4 is 14.8 Å². The minimum absolute atomic E-state index is 0.0671. The van der Waals surface area contributed by atoms with Crippen molar-refractivity contribution in [3.63, 3.8) is 0 Å². The first kappa shape index (κ1) is 21.8. The molecule has 0 bridgehead atoms. The van der Waals surface area contributed by atoms with Gasteiger partial charge in [0.25, 0.3) is 11.8 Å². The number of aromatic nitrogens is 2. The van der Waals surface area contributed by atoms with E-state index in [4.69, 9.17) is 9.47 Å². The predicted octanol–water partition coefficient (Wildman–Crippen LogP) is 3.85. The molecule has 1 N–H and O–H groups in total. The van der Waals surface area contributed by atoms with Gasteiger partial charge in [0.2, 0.25) is 5.01 Å². The molecule has 32 heavy (non-hydrogen) atoms. The van der Waals surface area contributed by atoms with Crippen molar-refractivity contribution < 1.29 is 19.1 Å². The lowest BCUT2D eigenvalue weighted by Gasteiger charge is -2.22. The second-order valence-corrected chi connectivity index (χ2v) is 8.48. The number of carbonyl (C=O) groups excluding carboxylic acids is 2. The highest BCUT2D eigenvalue weighted by atomic mass is 32.1. The number of hydrogen-bond acceptors (Lipinski definition) is 7. The van der Waals surface area contributed by atoms with Crippen LogP contribution in [-0.4, -0.2) is 47.2 Å². The molecule has 1 atom stereocenters. The predicted molar refractivity (Wildman–Crippen MR) is 121 cm³/mol. The molecule has 0 radical (unpaired) electrons. The first-order valence-corrected chi connectivity index (χ1v) is 11.1. The topological polar surface area (TPSA) is 93.7 Å². The molecule has 9 heteroatoms. The molecular formula is C23H24N4O4S. The van der Waals surface area contributed by atoms with Crippen LogP contribution in [0.15, 0.2) is 48.5 Å². The number of nitrogens with zero attached hydrogens (tertiary/aromatic N) is 3. The van der Waals surface area contributed by atoms with Crippen molar-refractivity contribution in [3.8, 4) is 11.5 Å². The zero-order valence-electron chi connectivity index (χ0n) is 17.9. The Balaban J connectivity index is 1.37. The van der Waals surface area contributed by atoms with Crippen LogP contribution in [0.1, 0.15) is 39.3 Å². The van der Waals surface area contributed by atoms with Crippen LogP contribution >= 0.6 is 11.3 Å². The second kappa shape index (κ2) is 9.78. The van der Waals surface area contributed by atoms with Gasteiger partial charge < -0.3 is 19.7 Å². The van der Waals surface area contributed by atoms with E-state index < -0.39 is 0 Å². The van der Waals surface area contributed by atoms with E-state index in [0.717, 1.165) is 24.2 Å². The summed E-state index contributed by atoms with van der Waals surface area (Å²) in [6.45, 7) is 2.54. The van der Waals surface area contributed by atoms with Gasteiger partial charge in [-0.2, -0.15) is 0 Å². The SMILES string of the molecule is COc1ccc(OCC(=O)N2CCC[C@@H]2c2nnc(C(=O)Nc3ccc(C)cc3)s2)cc1. The number of rotatable bonds is 7. The Bertz CT molecular complexity index is 1080. The lowest BCUT2D eigenvalue weighted by Crippen LogP contribution is -2.34. The summed E-state index contributed by atoms with van der Waals surface area (Å²) in [7, 11) is 1.60. The Morgan fingerprint density at radius 3 is 2.53 bits per heavy atom. The fourth-order valence-electron chi connectivity index (χ4n) is 3.50. The summed E-state index contributed by atoms with van der Waals surface area (Å²) in [5.41, 5.74) is 1.81. The van der Waals surface area contributed by atoms with Gasteiger partial charge in [-0.1, -0.05) is 29.0 Å². The number of anilines is 1. The van der Waals surface area contributed by atoms with Crippen LogP contribution in [0.3, 0.4) is 0 Å². The first-order valence-electron chi connectivity index (χ1n) is 10.3. The minimum Gasteiger partial charge on any atom is -0.497 e. The normalized spacial score (nSPS) is 15.4. The van der Waals surface area contributed by atoms with Gasteiger partial charge in [0, 0.05) is 12.2 Å². The van der Waals surface area contributed by atoms with Crippen LogP contribution in [-0.2, 0) is 4.79 Å². The Morgan fingerprint density at radius 1 is 1.09 bits per heavy atom. The molecule has 0 spiro atoms. The van der Waals surface area contributed by atoms with Crippen LogP contribution in [0.2, 0.25) is 0 Å². The van der Waals surface area contributed by atoms with Crippen LogP contribution in [0.25, 0.3) is 0 Å². The maximum absolute atomic E-state index is 12.8. The summed E-state index contributed by atoms with van der Waals surface area (Å²) < 4.78 is 10.8. The fourth-order valence-corrected chi connectivity index (χ4v) is 4.39. The lowest BCUT2D eigenvalue weighted by atomic mass is 10.2. The fraction of sp³-hybridized carbons (Fsp3) is 0.304. The van der Waals surface area contributed by atoms with Crippen molar-refractivity contribution in [2.45, 2.75) is 25.8 Å². The maximum Gasteiger partial charge on any atom is 0.286 e. The highest BCUT2D eigenvalue weighted by Crippen LogP contribution is 2.34. The monoisotopic (exact) mass is 452 g/mol. The van der Waals surface area contributed by atoms with Gasteiger partial charge in [0.05, 0.1) is 13.2 Å². The maximum atomic E-state index is 12.8. The number of amides is 2. The highest BCUT2D eigenvalue weighted by molar-refractivity contribution is 7.13. The Hall–Kier alpha value is -3.46. The highest BCUT2D eigenvalue weighted by Gasteiger charge is 2.33. The Kier molecular flexibility index (Phi) is 6.65. The van der Waals surface area contributed by atoms with E-state index in [2.05, 4.69) is 15.5 Å². The molecule has 4 rings (SSSR count). The lowest BCUT2D eigenvalue weighted by molar-refractivity contribution is -0.134. The van der Waals surface area contributed by atoms with E-state index in [-0.39, 0.29) is 29.5 Å². The third-order valence-corrected chi connectivity index (χ3v) is 6.25. The third kappa shape index (κ3) is 5.05. The summed E-state index contributed by atoms with van der Waals surface area (Å²) in [5.74, 6) is 0.892. The zero-order valence-corrected chi connectivity index (χ0v) is 18.7. The number of carbonyl (C=O) groups is 2. The quantitative estimate of drug-likeness (QED) is 0.585. The van der Waals surface area contributed by atoms with Gasteiger partial charge in [0.15, 0.2) is 6.61 Å². The van der Waals surface area contributed by atoms with E-state index in [1.807, 2.05) is 31.2 Å². The molecule has 3 aromatic rings. The summed E-state index contributed by atoms with van der Waals surface area (Å²) >= 11 is 1.22. The molecular weight excluding hydrogens is 428 g/mol. The molecule has 1 saturated heterocycles. The molecule has 2 aromatic carbocycles. The van der Waals surface area contributed by atoms with Gasteiger partial charge >= 0.3 is 0 Å². The molecule has 0 unspecified atom stereocenters. The first-order chi connectivity index (χ1) is 15.5. The number of benzene rings is 2. The molecule has 1 aromatic heterocycles. The van der Waals surface area contributed by atoms with Crippen molar-refractivity contribution in [1.82, 2.24) is 15.1 Å². The number of methoxy groups -OCH3 is 1. The molecule has 2 heterocycles. The van der Waals surface area contributed by atoms with Crippen LogP contribution in [0.5, 0.6) is 11.5 Å². The molecule has 0 aliphatic carbocycles. The summed E-state index contributed by atoms with van der Waals surface area (Å²) in [5, 5.41) is 12.0. The summed E-state index contributed by atoms with van der Waals surface area (Å²) in [6.07, 6.45) is 1.64. The van der Waals surface area contributed by atoms with Gasteiger partial charge in [0.1, 0.15) is 16.5 Å². The Morgan fingerprint density at radius 2 is 1.81 bits per heavy atom. The van der Waals surface area contributed by atoms with E-state index in [9.17, 15) is 9.59 Å². The van der Waals surface area contributed by atoms with E-state index >= 15 is 0 Å². The van der Waals surface area contributed by atoms with Gasteiger partial charge in [-0.05, 0) is 56.2 Å². The van der Waals surface area contributed by atoms with E-state index in [1.165, 1.54) is 11.3 Å². The molecule has 1 aliphatic rings. The van der Waals surface area contributed by atoms with E-state index in [0.29, 0.717) is 23.0 Å². The number of likely N-dealkylation sites (tertiary alicyclic amines) is 1. The molecule has 1 fully saturated rings. The van der Waals surface area contributed by atoms with Gasteiger partial charge in [-0.15, -0.1) is 10.2 Å². The number of hydrogen-bond donors (Lipinski definition) is 1.